The molecule has 1 heterocycles. The van der Waals surface area contributed by atoms with Crippen LogP contribution >= 0.6 is 0 Å². The van der Waals surface area contributed by atoms with Gasteiger partial charge in [-0.1, -0.05) is 18.2 Å². The monoisotopic (exact) mass is 279 g/mol. The fraction of sp³-hybridized carbons (Fsp3) is 0.429. The van der Waals surface area contributed by atoms with E-state index in [0.29, 0.717) is 31.6 Å². The molecule has 0 radical (unpaired) electrons. The van der Waals surface area contributed by atoms with Crippen LogP contribution in [-0.4, -0.2) is 31.4 Å². The van der Waals surface area contributed by atoms with Crippen LogP contribution in [-0.2, 0) is 16.0 Å². The summed E-state index contributed by atoms with van der Waals surface area (Å²) in [7, 11) is 0. The van der Waals surface area contributed by atoms with Crippen LogP contribution in [0.2, 0.25) is 0 Å². The average Bonchev–Trinajstić information content (AvgIpc) is 2.90. The molecule has 1 aliphatic rings. The molecule has 5 nitrogen and oxygen atoms in total. The van der Waals surface area contributed by atoms with E-state index in [2.05, 4.69) is 10.6 Å². The van der Waals surface area contributed by atoms with E-state index < -0.39 is 17.7 Å². The number of halogens is 1. The first-order valence-corrected chi connectivity index (χ1v) is 6.60. The molecule has 0 saturated carbocycles. The highest BCUT2D eigenvalue weighted by Crippen LogP contribution is 2.16. The maximum atomic E-state index is 13.4. The van der Waals surface area contributed by atoms with Gasteiger partial charge >= 0.3 is 0 Å². The minimum absolute atomic E-state index is 0.213. The third kappa shape index (κ3) is 3.33. The van der Waals surface area contributed by atoms with Gasteiger partial charge in [0.1, 0.15) is 5.82 Å². The molecule has 2 unspecified atom stereocenters. The molecular weight excluding hydrogens is 261 g/mol. The zero-order valence-corrected chi connectivity index (χ0v) is 11.1. The Bertz CT molecular complexity index is 507. The average molecular weight is 279 g/mol. The lowest BCUT2D eigenvalue weighted by Gasteiger charge is -2.15. The number of hydrogen-bond donors (Lipinski definition) is 3. The molecule has 1 aromatic carbocycles. The van der Waals surface area contributed by atoms with Crippen molar-refractivity contribution in [3.05, 3.63) is 35.6 Å². The van der Waals surface area contributed by atoms with Crippen molar-refractivity contribution in [2.24, 2.45) is 17.6 Å². The topological polar surface area (TPSA) is 84.2 Å². The molecule has 2 rings (SSSR count). The molecule has 1 saturated heterocycles. The summed E-state index contributed by atoms with van der Waals surface area (Å²) in [5, 5.41) is 5.71. The Morgan fingerprint density at radius 1 is 1.30 bits per heavy atom. The Labute approximate surface area is 116 Å². The van der Waals surface area contributed by atoms with Crippen LogP contribution < -0.4 is 16.4 Å². The van der Waals surface area contributed by atoms with E-state index in [1.54, 1.807) is 18.2 Å². The molecule has 2 amide bonds. The summed E-state index contributed by atoms with van der Waals surface area (Å²) in [6, 6.07) is 6.45. The lowest BCUT2D eigenvalue weighted by molar-refractivity contribution is -0.131. The Kier molecular flexibility index (Phi) is 4.68. The third-order valence-corrected chi connectivity index (χ3v) is 3.57. The van der Waals surface area contributed by atoms with E-state index in [-0.39, 0.29) is 11.7 Å². The highest BCUT2D eigenvalue weighted by Gasteiger charge is 2.36. The maximum Gasteiger partial charge on any atom is 0.225 e. The van der Waals surface area contributed by atoms with Gasteiger partial charge in [0.25, 0.3) is 0 Å². The molecule has 2 atom stereocenters. The summed E-state index contributed by atoms with van der Waals surface area (Å²) in [5.41, 5.74) is 5.82. The predicted molar refractivity (Wildman–Crippen MR) is 72.2 cm³/mol. The normalized spacial score (nSPS) is 21.6. The molecule has 0 bridgehead atoms. The van der Waals surface area contributed by atoms with Crippen LogP contribution in [0, 0.1) is 17.7 Å². The van der Waals surface area contributed by atoms with Crippen LogP contribution in [0.25, 0.3) is 0 Å². The van der Waals surface area contributed by atoms with Crippen molar-refractivity contribution in [1.82, 2.24) is 10.6 Å². The van der Waals surface area contributed by atoms with E-state index in [9.17, 15) is 14.0 Å². The van der Waals surface area contributed by atoms with E-state index in [0.717, 1.165) is 0 Å². The van der Waals surface area contributed by atoms with Crippen molar-refractivity contribution in [1.29, 1.82) is 0 Å². The number of primary amides is 1. The lowest BCUT2D eigenvalue weighted by Crippen LogP contribution is -2.40. The maximum absolute atomic E-state index is 13.4. The van der Waals surface area contributed by atoms with Gasteiger partial charge in [-0.2, -0.15) is 0 Å². The van der Waals surface area contributed by atoms with E-state index in [1.165, 1.54) is 6.07 Å². The Hall–Kier alpha value is -1.95. The summed E-state index contributed by atoms with van der Waals surface area (Å²) in [6.45, 7) is 1.21. The molecule has 108 valence electrons. The van der Waals surface area contributed by atoms with Gasteiger partial charge in [0, 0.05) is 19.6 Å². The van der Waals surface area contributed by atoms with Gasteiger partial charge in [-0.25, -0.2) is 4.39 Å². The van der Waals surface area contributed by atoms with Crippen molar-refractivity contribution in [3.8, 4) is 0 Å². The van der Waals surface area contributed by atoms with Gasteiger partial charge in [0.2, 0.25) is 11.8 Å². The summed E-state index contributed by atoms with van der Waals surface area (Å²) >= 11 is 0. The van der Waals surface area contributed by atoms with Gasteiger partial charge in [0.15, 0.2) is 0 Å². The van der Waals surface area contributed by atoms with Gasteiger partial charge in [-0.05, 0) is 18.1 Å². The fourth-order valence-electron chi connectivity index (χ4n) is 2.41. The first-order valence-electron chi connectivity index (χ1n) is 6.60. The van der Waals surface area contributed by atoms with Crippen molar-refractivity contribution < 1.29 is 14.0 Å². The highest BCUT2D eigenvalue weighted by atomic mass is 19.1. The number of carbonyl (C=O) groups excluding carboxylic acids is 2. The van der Waals surface area contributed by atoms with Gasteiger partial charge in [-0.3, -0.25) is 9.59 Å². The van der Waals surface area contributed by atoms with Crippen molar-refractivity contribution in [3.63, 3.8) is 0 Å². The van der Waals surface area contributed by atoms with Crippen LogP contribution in [0.1, 0.15) is 5.56 Å². The van der Waals surface area contributed by atoms with Crippen LogP contribution in [0.3, 0.4) is 0 Å². The number of rotatable bonds is 5. The first kappa shape index (κ1) is 14.5. The number of carbonyl (C=O) groups is 2. The molecule has 0 spiro atoms. The van der Waals surface area contributed by atoms with Gasteiger partial charge < -0.3 is 16.4 Å². The Morgan fingerprint density at radius 2 is 2.00 bits per heavy atom. The predicted octanol–water partition coefficient (Wildman–Crippen LogP) is -0.195. The molecule has 1 aromatic rings. The van der Waals surface area contributed by atoms with E-state index >= 15 is 0 Å². The number of nitrogens with one attached hydrogen (secondary N) is 2. The number of amides is 2. The quantitative estimate of drug-likeness (QED) is 0.698. The molecule has 0 aliphatic carbocycles. The second-order valence-corrected chi connectivity index (χ2v) is 4.91. The van der Waals surface area contributed by atoms with Crippen molar-refractivity contribution in [2.45, 2.75) is 6.42 Å². The SMILES string of the molecule is NC(=O)C1CNCC1C(=O)NCCc1ccccc1F. The second kappa shape index (κ2) is 6.47. The number of benzene rings is 1. The zero-order chi connectivity index (χ0) is 14.5. The van der Waals surface area contributed by atoms with Crippen LogP contribution in [0.15, 0.2) is 24.3 Å². The van der Waals surface area contributed by atoms with E-state index in [1.807, 2.05) is 0 Å². The van der Waals surface area contributed by atoms with Gasteiger partial charge in [0.05, 0.1) is 11.8 Å². The van der Waals surface area contributed by atoms with Crippen molar-refractivity contribution >= 4 is 11.8 Å². The fourth-order valence-corrected chi connectivity index (χ4v) is 2.41. The smallest absolute Gasteiger partial charge is 0.225 e. The van der Waals surface area contributed by atoms with Crippen LogP contribution in [0.5, 0.6) is 0 Å². The summed E-state index contributed by atoms with van der Waals surface area (Å²) in [5.74, 6) is -1.87. The van der Waals surface area contributed by atoms with E-state index in [4.69, 9.17) is 5.73 Å². The summed E-state index contributed by atoms with van der Waals surface area (Å²) < 4.78 is 13.4. The second-order valence-electron chi connectivity index (χ2n) is 4.91. The van der Waals surface area contributed by atoms with Gasteiger partial charge in [-0.15, -0.1) is 0 Å². The Balaban J connectivity index is 1.84. The molecule has 20 heavy (non-hydrogen) atoms. The minimum atomic E-state index is -0.469. The zero-order valence-electron chi connectivity index (χ0n) is 11.1. The highest BCUT2D eigenvalue weighted by molar-refractivity contribution is 5.87. The lowest BCUT2D eigenvalue weighted by atomic mass is 9.94. The van der Waals surface area contributed by atoms with Crippen LogP contribution in [0.4, 0.5) is 4.39 Å². The number of hydrogen-bond acceptors (Lipinski definition) is 3. The molecule has 6 heteroatoms. The van der Waals surface area contributed by atoms with Crippen molar-refractivity contribution in [2.75, 3.05) is 19.6 Å². The summed E-state index contributed by atoms with van der Waals surface area (Å²) in [6.07, 6.45) is 0.416. The first-order chi connectivity index (χ1) is 9.59. The Morgan fingerprint density at radius 3 is 2.70 bits per heavy atom. The third-order valence-electron chi connectivity index (χ3n) is 3.57. The standard InChI is InChI=1S/C14H18FN3O2/c15-12-4-2-1-3-9(12)5-6-18-14(20)11-8-17-7-10(11)13(16)19/h1-4,10-11,17H,5-8H2,(H2,16,19)(H,18,20). The largest absolute Gasteiger partial charge is 0.369 e. The molecular formula is C14H18FN3O2. The number of nitrogens with two attached hydrogens (primary N) is 1. The molecule has 1 aliphatic heterocycles. The molecule has 0 aromatic heterocycles. The minimum Gasteiger partial charge on any atom is -0.369 e. The summed E-state index contributed by atoms with van der Waals surface area (Å²) in [4.78, 5) is 23.2. The molecule has 4 N–H and O–H groups in total. The molecule has 1 fully saturated rings.